The number of benzene rings is 1. The van der Waals surface area contributed by atoms with E-state index in [-0.39, 0.29) is 37.1 Å². The summed E-state index contributed by atoms with van der Waals surface area (Å²) in [7, 11) is 1.36. The van der Waals surface area contributed by atoms with Crippen molar-refractivity contribution in [2.75, 3.05) is 7.11 Å². The van der Waals surface area contributed by atoms with Crippen LogP contribution < -0.4 is 0 Å². The SMILES string of the molecule is COC(=O)c1c[c-]ccc1.[CH-]=CC1C=C1.[U+2]. The molecule has 80 valence electrons. The first-order valence-electron chi connectivity index (χ1n) is 4.55. The van der Waals surface area contributed by atoms with Crippen molar-refractivity contribution in [2.45, 2.75) is 0 Å². The van der Waals surface area contributed by atoms with Gasteiger partial charge in [0.2, 0.25) is 0 Å². The van der Waals surface area contributed by atoms with Gasteiger partial charge >= 0.3 is 31.1 Å². The third kappa shape index (κ3) is 5.95. The Balaban J connectivity index is 0.000000318. The second-order valence-electron chi connectivity index (χ2n) is 2.94. The zero-order valence-electron chi connectivity index (χ0n) is 9.01. The van der Waals surface area contributed by atoms with Crippen LogP contribution in [0.25, 0.3) is 0 Å². The van der Waals surface area contributed by atoms with Gasteiger partial charge < -0.3 is 11.3 Å². The van der Waals surface area contributed by atoms with Gasteiger partial charge in [-0.05, 0) is 5.92 Å². The van der Waals surface area contributed by atoms with Crippen LogP contribution in [0.2, 0.25) is 0 Å². The zero-order chi connectivity index (χ0) is 11.1. The van der Waals surface area contributed by atoms with Crippen molar-refractivity contribution in [3.8, 4) is 0 Å². The molecule has 0 saturated heterocycles. The molecule has 2 nitrogen and oxygen atoms in total. The Hall–Kier alpha value is -0.778. The summed E-state index contributed by atoms with van der Waals surface area (Å²) < 4.78 is 4.48. The molecule has 0 radical (unpaired) electrons. The van der Waals surface area contributed by atoms with Crippen LogP contribution in [0.3, 0.4) is 0 Å². The molecule has 1 aliphatic rings. The first-order chi connectivity index (χ1) is 7.27. The van der Waals surface area contributed by atoms with Crippen molar-refractivity contribution in [1.29, 1.82) is 0 Å². The smallest absolute Gasteiger partial charge is 0.517 e. The molecule has 1 aliphatic carbocycles. The van der Waals surface area contributed by atoms with E-state index in [4.69, 9.17) is 6.58 Å². The van der Waals surface area contributed by atoms with E-state index < -0.39 is 0 Å². The van der Waals surface area contributed by atoms with Crippen LogP contribution in [-0.4, -0.2) is 13.1 Å². The van der Waals surface area contributed by atoms with Crippen LogP contribution in [0.1, 0.15) is 10.4 Å². The normalized spacial score (nSPS) is 11.6. The molecule has 0 atom stereocenters. The summed E-state index contributed by atoms with van der Waals surface area (Å²) in [5.74, 6) is 0.215. The van der Waals surface area contributed by atoms with Gasteiger partial charge in [0.15, 0.2) is 0 Å². The topological polar surface area (TPSA) is 26.3 Å². The summed E-state index contributed by atoms with van der Waals surface area (Å²) in [5.41, 5.74) is 0.532. The minimum Gasteiger partial charge on any atom is -0.517 e. The van der Waals surface area contributed by atoms with Gasteiger partial charge in [-0.1, -0.05) is 17.7 Å². The van der Waals surface area contributed by atoms with Crippen LogP contribution in [0.4, 0.5) is 0 Å². The van der Waals surface area contributed by atoms with E-state index in [1.54, 1.807) is 30.3 Å². The van der Waals surface area contributed by atoms with Gasteiger partial charge in [0.1, 0.15) is 0 Å². The van der Waals surface area contributed by atoms with Gasteiger partial charge in [0.05, 0.1) is 7.11 Å². The minimum absolute atomic E-state index is 0. The predicted molar refractivity (Wildman–Crippen MR) is 58.1 cm³/mol. The first kappa shape index (κ1) is 15.2. The third-order valence-corrected chi connectivity index (χ3v) is 1.77. The number of carbonyl (C=O) groups is 1. The van der Waals surface area contributed by atoms with E-state index in [1.807, 2.05) is 12.2 Å². The Morgan fingerprint density at radius 3 is 2.56 bits per heavy atom. The first-order valence-corrected chi connectivity index (χ1v) is 4.55. The molecule has 16 heavy (non-hydrogen) atoms. The quantitative estimate of drug-likeness (QED) is 0.403. The van der Waals surface area contributed by atoms with Gasteiger partial charge in [0.25, 0.3) is 5.97 Å². The van der Waals surface area contributed by atoms with Crippen LogP contribution >= 0.6 is 0 Å². The van der Waals surface area contributed by atoms with E-state index >= 15 is 0 Å². The average Bonchev–Trinajstić information content (AvgIpc) is 3.13. The van der Waals surface area contributed by atoms with Crippen molar-refractivity contribution in [1.82, 2.24) is 0 Å². The average molecular weight is 438 g/mol. The maximum absolute atomic E-state index is 10.8. The Labute approximate surface area is 120 Å². The number of allylic oxidation sites excluding steroid dienone is 3. The number of hydrogen-bond acceptors (Lipinski definition) is 2. The van der Waals surface area contributed by atoms with Gasteiger partial charge in [-0.25, -0.2) is 0 Å². The van der Waals surface area contributed by atoms with Crippen molar-refractivity contribution in [3.63, 3.8) is 0 Å². The number of methoxy groups -OCH3 is 1. The molecule has 2 rings (SSSR count). The zero-order valence-corrected chi connectivity index (χ0v) is 13.2. The number of esters is 1. The molecule has 0 heterocycles. The molecule has 0 fully saturated rings. The Morgan fingerprint density at radius 2 is 2.25 bits per heavy atom. The Bertz CT molecular complexity index is 351. The van der Waals surface area contributed by atoms with Crippen LogP contribution in [0.5, 0.6) is 0 Å². The molecule has 0 aliphatic heterocycles. The molecule has 3 heteroatoms. The molecule has 0 aromatic heterocycles. The number of rotatable bonds is 2. The summed E-state index contributed by atoms with van der Waals surface area (Å²) in [6.45, 7) is 5.05. The van der Waals surface area contributed by atoms with Gasteiger partial charge in [-0.15, -0.1) is 0 Å². The maximum atomic E-state index is 10.8. The van der Waals surface area contributed by atoms with E-state index in [0.717, 1.165) is 0 Å². The molecule has 0 saturated carbocycles. The number of carbonyl (C=O) groups excluding carboxylic acids is 1. The molecule has 0 N–H and O–H groups in total. The largest absolute Gasteiger partial charge is 2.00 e. The maximum Gasteiger partial charge on any atom is 2.00 e. The second kappa shape index (κ2) is 8.38. The predicted octanol–water partition coefficient (Wildman–Crippen LogP) is 2.43. The number of hydrogen-bond donors (Lipinski definition) is 0. The Kier molecular flexibility index (Phi) is 7.98. The molecule has 0 spiro atoms. The summed E-state index contributed by atoms with van der Waals surface area (Å²) in [4.78, 5) is 10.8. The van der Waals surface area contributed by atoms with E-state index in [9.17, 15) is 4.79 Å². The summed E-state index contributed by atoms with van der Waals surface area (Å²) in [6.07, 6.45) is 5.75. The fraction of sp³-hybridized carbons (Fsp3) is 0.154. The van der Waals surface area contributed by atoms with Crippen LogP contribution in [0.15, 0.2) is 42.5 Å². The van der Waals surface area contributed by atoms with Gasteiger partial charge in [0, 0.05) is 0 Å². The number of ether oxygens (including phenoxy) is 1. The van der Waals surface area contributed by atoms with Crippen molar-refractivity contribution >= 4 is 5.97 Å². The van der Waals surface area contributed by atoms with Crippen molar-refractivity contribution in [3.05, 3.63) is 60.7 Å². The molecule has 0 amide bonds. The van der Waals surface area contributed by atoms with Crippen molar-refractivity contribution in [2.24, 2.45) is 5.92 Å². The molecular formula is C13H12O2U. The molecule has 1 aromatic carbocycles. The minimum atomic E-state index is -0.322. The third-order valence-electron chi connectivity index (χ3n) is 1.77. The van der Waals surface area contributed by atoms with Gasteiger partial charge in [-0.3, -0.25) is 10.9 Å². The second-order valence-corrected chi connectivity index (χ2v) is 2.94. The molecule has 1 aromatic rings. The molecule has 0 bridgehead atoms. The Morgan fingerprint density at radius 1 is 1.56 bits per heavy atom. The van der Waals surface area contributed by atoms with E-state index in [0.29, 0.717) is 11.5 Å². The summed E-state index contributed by atoms with van der Waals surface area (Å²) >= 11 is 0. The molecular weight excluding hydrogens is 426 g/mol. The van der Waals surface area contributed by atoms with E-state index in [2.05, 4.69) is 10.8 Å². The summed E-state index contributed by atoms with van der Waals surface area (Å²) in [6, 6.07) is 9.52. The van der Waals surface area contributed by atoms with E-state index in [1.165, 1.54) is 7.11 Å². The fourth-order valence-electron chi connectivity index (χ4n) is 0.831. The summed E-state index contributed by atoms with van der Waals surface area (Å²) in [5, 5.41) is 0. The molecule has 0 unspecified atom stereocenters. The standard InChI is InChI=1S/C8H7O2.C5H5.U/c1-10-8(9)7-5-3-2-4-6-7;1-2-5-3-4-5;/h2-3,5-6H,1H3;1-5H;/q2*-1;+2. The van der Waals surface area contributed by atoms with Gasteiger partial charge in [-0.2, -0.15) is 30.3 Å². The van der Waals surface area contributed by atoms with Crippen LogP contribution in [-0.2, 0) is 4.74 Å². The van der Waals surface area contributed by atoms with Crippen molar-refractivity contribution < 1.29 is 40.6 Å². The fourth-order valence-corrected chi connectivity index (χ4v) is 0.831. The monoisotopic (exact) mass is 438 g/mol. The van der Waals surface area contributed by atoms with Crippen LogP contribution in [0, 0.1) is 49.7 Å².